The van der Waals surface area contributed by atoms with Gasteiger partial charge in [-0.2, -0.15) is 0 Å². The molecule has 2 aromatic carbocycles. The Bertz CT molecular complexity index is 1350. The predicted octanol–water partition coefficient (Wildman–Crippen LogP) is 5.02. The molecule has 0 saturated heterocycles. The van der Waals surface area contributed by atoms with Crippen LogP contribution in [0, 0.1) is 13.8 Å². The number of hydrogen-bond donors (Lipinski definition) is 2. The fraction of sp³-hybridized carbons (Fsp3) is 0.280. The zero-order valence-corrected chi connectivity index (χ0v) is 21.2. The third-order valence-corrected chi connectivity index (χ3v) is 6.43. The van der Waals surface area contributed by atoms with E-state index in [1.165, 1.54) is 6.92 Å². The molecule has 0 fully saturated rings. The quantitative estimate of drug-likeness (QED) is 0.402. The van der Waals surface area contributed by atoms with Crippen molar-refractivity contribution in [3.63, 3.8) is 0 Å². The minimum atomic E-state index is -3.95. The maximum atomic E-state index is 13.3. The molecule has 0 aliphatic rings. The maximum Gasteiger partial charge on any atom is 0.262 e. The zero-order valence-electron chi connectivity index (χ0n) is 20.3. The predicted molar refractivity (Wildman–Crippen MR) is 135 cm³/mol. The van der Waals surface area contributed by atoms with E-state index in [-0.39, 0.29) is 16.5 Å². The van der Waals surface area contributed by atoms with Crippen LogP contribution in [0.25, 0.3) is 12.2 Å². The van der Waals surface area contributed by atoms with E-state index in [0.29, 0.717) is 53.0 Å². The second-order valence-electron chi connectivity index (χ2n) is 7.68. The van der Waals surface area contributed by atoms with E-state index in [1.807, 2.05) is 13.8 Å². The third kappa shape index (κ3) is 6.42. The molecule has 1 heterocycles. The van der Waals surface area contributed by atoms with Crippen molar-refractivity contribution in [1.82, 2.24) is 5.16 Å². The first-order valence-corrected chi connectivity index (χ1v) is 12.6. The zero-order chi connectivity index (χ0) is 25.6. The minimum Gasteiger partial charge on any atom is -0.494 e. The number of amides is 1. The lowest BCUT2D eigenvalue weighted by Gasteiger charge is -2.16. The summed E-state index contributed by atoms with van der Waals surface area (Å²) in [5.74, 6) is 1.04. The summed E-state index contributed by atoms with van der Waals surface area (Å²) < 4.78 is 45.7. The summed E-state index contributed by atoms with van der Waals surface area (Å²) in [6.45, 7) is 9.32. The summed E-state index contributed by atoms with van der Waals surface area (Å²) in [4.78, 5) is 11.6. The molecular weight excluding hydrogens is 470 g/mol. The van der Waals surface area contributed by atoms with Gasteiger partial charge < -0.3 is 19.3 Å². The first kappa shape index (κ1) is 25.8. The Morgan fingerprint density at radius 2 is 1.80 bits per heavy atom. The summed E-state index contributed by atoms with van der Waals surface area (Å²) >= 11 is 0. The molecule has 0 atom stereocenters. The normalized spacial score (nSPS) is 11.5. The fourth-order valence-electron chi connectivity index (χ4n) is 3.34. The monoisotopic (exact) mass is 499 g/mol. The van der Waals surface area contributed by atoms with E-state index >= 15 is 0 Å². The van der Waals surface area contributed by atoms with Crippen molar-refractivity contribution in [2.75, 3.05) is 23.3 Å². The Balaban J connectivity index is 1.93. The highest BCUT2D eigenvalue weighted by atomic mass is 32.2. The van der Waals surface area contributed by atoms with Crippen LogP contribution in [0.3, 0.4) is 0 Å². The number of carbonyl (C=O) groups excluding carboxylic acids is 1. The Morgan fingerprint density at radius 3 is 2.49 bits per heavy atom. The van der Waals surface area contributed by atoms with Crippen LogP contribution >= 0.6 is 0 Å². The number of ether oxygens (including phenoxy) is 2. The highest BCUT2D eigenvalue weighted by molar-refractivity contribution is 7.92. The number of hydrogen-bond acceptors (Lipinski definition) is 7. The van der Waals surface area contributed by atoms with Gasteiger partial charge in [-0.25, -0.2) is 8.42 Å². The number of nitrogens with zero attached hydrogens (tertiary/aromatic N) is 1. The van der Waals surface area contributed by atoms with Crippen LogP contribution in [0.4, 0.5) is 11.4 Å². The second-order valence-corrected chi connectivity index (χ2v) is 9.33. The van der Waals surface area contributed by atoms with Crippen molar-refractivity contribution >= 4 is 39.5 Å². The van der Waals surface area contributed by atoms with Gasteiger partial charge in [-0.05, 0) is 63.1 Å². The van der Waals surface area contributed by atoms with Crippen molar-refractivity contribution in [1.29, 1.82) is 0 Å². The van der Waals surface area contributed by atoms with Gasteiger partial charge in [0.05, 0.1) is 23.8 Å². The number of aryl methyl sites for hydroxylation is 2. The van der Waals surface area contributed by atoms with Gasteiger partial charge in [0.15, 0.2) is 5.76 Å². The van der Waals surface area contributed by atoms with Crippen molar-refractivity contribution in [2.24, 2.45) is 0 Å². The summed E-state index contributed by atoms with van der Waals surface area (Å²) in [6.07, 6.45) is 3.31. The van der Waals surface area contributed by atoms with Crippen LogP contribution in [0.1, 0.15) is 43.4 Å². The van der Waals surface area contributed by atoms with Gasteiger partial charge in [-0.3, -0.25) is 9.52 Å². The van der Waals surface area contributed by atoms with E-state index in [2.05, 4.69) is 15.2 Å². The summed E-state index contributed by atoms with van der Waals surface area (Å²) in [5, 5.41) is 6.56. The summed E-state index contributed by atoms with van der Waals surface area (Å²) in [6, 6.07) is 10.1. The van der Waals surface area contributed by atoms with Crippen molar-refractivity contribution < 1.29 is 27.2 Å². The molecule has 0 saturated carbocycles. The van der Waals surface area contributed by atoms with Crippen LogP contribution in [0.15, 0.2) is 45.8 Å². The molecule has 1 amide bonds. The molecule has 2 N–H and O–H groups in total. The lowest BCUT2D eigenvalue weighted by atomic mass is 10.1. The number of sulfonamides is 1. The van der Waals surface area contributed by atoms with Crippen LogP contribution in [-0.2, 0) is 14.8 Å². The highest BCUT2D eigenvalue weighted by Crippen LogP contribution is 2.32. The molecule has 0 spiro atoms. The third-order valence-electron chi connectivity index (χ3n) is 4.93. The van der Waals surface area contributed by atoms with Crippen LogP contribution < -0.4 is 19.5 Å². The SMILES string of the molecule is CCOc1ccc(OCC)c(NS(=O)(=O)c2cc(/C=C\c3onc(C)c3NC(C)=O)ccc2C)c1. The lowest BCUT2D eigenvalue weighted by molar-refractivity contribution is -0.114. The average molecular weight is 500 g/mol. The molecule has 35 heavy (non-hydrogen) atoms. The van der Waals surface area contributed by atoms with Crippen LogP contribution in [0.5, 0.6) is 11.5 Å². The first-order chi connectivity index (χ1) is 16.6. The van der Waals surface area contributed by atoms with Gasteiger partial charge in [0.2, 0.25) is 5.91 Å². The van der Waals surface area contributed by atoms with Crippen LogP contribution in [-0.4, -0.2) is 32.7 Å². The topological polar surface area (TPSA) is 120 Å². The number of nitrogens with one attached hydrogen (secondary N) is 2. The van der Waals surface area contributed by atoms with Gasteiger partial charge in [0.1, 0.15) is 22.9 Å². The van der Waals surface area contributed by atoms with Crippen molar-refractivity contribution in [3.05, 3.63) is 59.0 Å². The van der Waals surface area contributed by atoms with Gasteiger partial charge >= 0.3 is 0 Å². The standard InChI is InChI=1S/C25H29N3O6S/c1-6-32-20-11-13-22(33-7-2)21(15-20)28-35(30,31)24-14-19(9-8-16(24)3)10-12-23-25(26-18(5)29)17(4)27-34-23/h8-15,28H,6-7H2,1-5H3,(H,26,29)/b12-10-. The maximum absolute atomic E-state index is 13.3. The molecule has 186 valence electrons. The van der Waals surface area contributed by atoms with Gasteiger partial charge in [0.25, 0.3) is 10.0 Å². The molecule has 3 aromatic rings. The Hall–Kier alpha value is -3.79. The lowest BCUT2D eigenvalue weighted by Crippen LogP contribution is -2.15. The van der Waals surface area contributed by atoms with Crippen molar-refractivity contribution in [3.8, 4) is 11.5 Å². The molecule has 0 aliphatic carbocycles. The van der Waals surface area contributed by atoms with Gasteiger partial charge in [-0.15, -0.1) is 0 Å². The molecular formula is C25H29N3O6S. The summed E-state index contributed by atoms with van der Waals surface area (Å²) in [5.41, 5.74) is 2.48. The Morgan fingerprint density at radius 1 is 1.06 bits per heavy atom. The summed E-state index contributed by atoms with van der Waals surface area (Å²) in [7, 11) is -3.95. The van der Waals surface area contributed by atoms with Gasteiger partial charge in [0, 0.05) is 13.0 Å². The number of anilines is 2. The molecule has 0 radical (unpaired) electrons. The Kier molecular flexibility index (Phi) is 8.18. The van der Waals surface area contributed by atoms with E-state index in [1.54, 1.807) is 62.4 Å². The fourth-order valence-corrected chi connectivity index (χ4v) is 4.68. The molecule has 3 rings (SSSR count). The Labute approximate surface area is 205 Å². The number of benzene rings is 2. The smallest absolute Gasteiger partial charge is 0.262 e. The van der Waals surface area contributed by atoms with Crippen molar-refractivity contribution in [2.45, 2.75) is 39.5 Å². The molecule has 1 aromatic heterocycles. The van der Waals surface area contributed by atoms with Gasteiger partial charge in [-0.1, -0.05) is 23.4 Å². The van der Waals surface area contributed by atoms with E-state index < -0.39 is 10.0 Å². The number of carbonyl (C=O) groups is 1. The first-order valence-electron chi connectivity index (χ1n) is 11.1. The highest BCUT2D eigenvalue weighted by Gasteiger charge is 2.20. The van der Waals surface area contributed by atoms with E-state index in [4.69, 9.17) is 14.0 Å². The molecule has 9 nitrogen and oxygen atoms in total. The van der Waals surface area contributed by atoms with Crippen LogP contribution in [0.2, 0.25) is 0 Å². The second kappa shape index (κ2) is 11.1. The molecule has 10 heteroatoms. The number of rotatable bonds is 10. The van der Waals surface area contributed by atoms with E-state index in [0.717, 1.165) is 0 Å². The number of aromatic nitrogens is 1. The van der Waals surface area contributed by atoms with E-state index in [9.17, 15) is 13.2 Å². The molecule has 0 aliphatic heterocycles. The molecule has 0 unspecified atom stereocenters. The largest absolute Gasteiger partial charge is 0.494 e. The minimum absolute atomic E-state index is 0.111. The average Bonchev–Trinajstić information content (AvgIpc) is 3.13. The molecule has 0 bridgehead atoms.